The van der Waals surface area contributed by atoms with Crippen LogP contribution in [0.15, 0.2) is 53.5 Å². The van der Waals surface area contributed by atoms with Crippen molar-refractivity contribution in [3.05, 3.63) is 65.2 Å². The summed E-state index contributed by atoms with van der Waals surface area (Å²) in [5.74, 6) is -0.0324. The lowest BCUT2D eigenvalue weighted by Crippen LogP contribution is -2.24. The number of nitrogens with two attached hydrogens (primary N) is 2. The second-order valence-corrected chi connectivity index (χ2v) is 5.00. The van der Waals surface area contributed by atoms with E-state index in [-0.39, 0.29) is 11.7 Å². The van der Waals surface area contributed by atoms with Gasteiger partial charge < -0.3 is 21.3 Å². The minimum absolute atomic E-state index is 0.160. The summed E-state index contributed by atoms with van der Waals surface area (Å²) in [6.07, 6.45) is 1.85. The van der Waals surface area contributed by atoms with Gasteiger partial charge in [0.2, 0.25) is 0 Å². The fourth-order valence-electron chi connectivity index (χ4n) is 2.46. The number of phenolic OH excluding ortho intramolecular Hbond substituents is 1. The van der Waals surface area contributed by atoms with Crippen LogP contribution in [0.2, 0.25) is 0 Å². The molecular weight excluding hydrogens is 294 g/mol. The number of ether oxygens (including phenoxy) is 1. The van der Waals surface area contributed by atoms with Gasteiger partial charge in [-0.25, -0.2) is 0 Å². The van der Waals surface area contributed by atoms with E-state index in [2.05, 4.69) is 4.99 Å². The first kappa shape index (κ1) is 14.6. The van der Waals surface area contributed by atoms with Crippen LogP contribution in [0.3, 0.4) is 0 Å². The molecule has 1 aliphatic rings. The molecule has 0 radical (unpaired) electrons. The predicted octanol–water partition coefficient (Wildman–Crippen LogP) is 1.63. The minimum Gasteiger partial charge on any atom is -0.507 e. The highest BCUT2D eigenvalue weighted by atomic mass is 16.5. The summed E-state index contributed by atoms with van der Waals surface area (Å²) in [5, 5.41) is 10.1. The van der Waals surface area contributed by atoms with E-state index in [1.807, 2.05) is 12.1 Å². The summed E-state index contributed by atoms with van der Waals surface area (Å²) < 4.78 is 5.58. The van der Waals surface area contributed by atoms with Crippen LogP contribution in [0.4, 0.5) is 0 Å². The average Bonchev–Trinajstić information content (AvgIpc) is 2.54. The van der Waals surface area contributed by atoms with E-state index in [9.17, 15) is 9.90 Å². The normalized spacial score (nSPS) is 12.6. The number of aromatic hydroxyl groups is 1. The number of benzene rings is 2. The standard InChI is InChI=1S/C17H15N3O3/c18-17(19)20-16(22)10-5-6-15-13(9-10)11(7-8-23-15)12-3-1-2-4-14(12)21/h1-7,9,21H,8H2,(H4,18,19,20,22). The Kier molecular flexibility index (Phi) is 3.72. The molecule has 116 valence electrons. The maximum atomic E-state index is 12.0. The fraction of sp³-hybridized carbons (Fsp3) is 0.0588. The minimum atomic E-state index is -0.532. The van der Waals surface area contributed by atoms with Crippen LogP contribution in [0.25, 0.3) is 5.57 Å². The van der Waals surface area contributed by atoms with Crippen molar-refractivity contribution >= 4 is 17.4 Å². The molecule has 0 saturated heterocycles. The third kappa shape index (κ3) is 2.87. The number of hydrogen-bond acceptors (Lipinski definition) is 3. The number of rotatable bonds is 2. The summed E-state index contributed by atoms with van der Waals surface area (Å²) in [6.45, 7) is 0.387. The maximum absolute atomic E-state index is 12.0. The molecule has 6 nitrogen and oxygen atoms in total. The van der Waals surface area contributed by atoms with Gasteiger partial charge in [-0.1, -0.05) is 18.2 Å². The number of amides is 1. The van der Waals surface area contributed by atoms with Crippen molar-refractivity contribution in [1.29, 1.82) is 0 Å². The van der Waals surface area contributed by atoms with Gasteiger partial charge in [0.25, 0.3) is 5.91 Å². The van der Waals surface area contributed by atoms with Crippen molar-refractivity contribution in [3.63, 3.8) is 0 Å². The highest BCUT2D eigenvalue weighted by Crippen LogP contribution is 2.38. The molecule has 1 heterocycles. The van der Waals surface area contributed by atoms with Crippen molar-refractivity contribution in [1.82, 2.24) is 0 Å². The first-order valence-corrected chi connectivity index (χ1v) is 6.96. The predicted molar refractivity (Wildman–Crippen MR) is 87.3 cm³/mol. The Morgan fingerprint density at radius 2 is 1.91 bits per heavy atom. The van der Waals surface area contributed by atoms with Gasteiger partial charge in [0.05, 0.1) is 0 Å². The molecule has 0 unspecified atom stereocenters. The monoisotopic (exact) mass is 309 g/mol. The zero-order valence-corrected chi connectivity index (χ0v) is 12.2. The van der Waals surface area contributed by atoms with Gasteiger partial charge in [-0.2, -0.15) is 4.99 Å². The number of guanidine groups is 1. The van der Waals surface area contributed by atoms with Gasteiger partial charge >= 0.3 is 0 Å². The molecule has 0 saturated carbocycles. The quantitative estimate of drug-likeness (QED) is 0.577. The number of nitrogens with zero attached hydrogens (tertiary/aromatic N) is 1. The second kappa shape index (κ2) is 5.84. The number of aliphatic imine (C=N–C) groups is 1. The number of carbonyl (C=O) groups is 1. The van der Waals surface area contributed by atoms with Crippen LogP contribution in [-0.4, -0.2) is 23.6 Å². The molecule has 3 rings (SSSR count). The molecule has 1 amide bonds. The molecular formula is C17H15N3O3. The van der Waals surface area contributed by atoms with Crippen LogP contribution in [0.5, 0.6) is 11.5 Å². The molecule has 1 aliphatic heterocycles. The molecule has 0 bridgehead atoms. The number of hydrogen-bond donors (Lipinski definition) is 3. The first-order valence-electron chi connectivity index (χ1n) is 6.96. The lowest BCUT2D eigenvalue weighted by Gasteiger charge is -2.20. The molecule has 2 aromatic carbocycles. The van der Waals surface area contributed by atoms with Gasteiger partial charge in [-0.15, -0.1) is 0 Å². The molecule has 0 atom stereocenters. The van der Waals surface area contributed by atoms with E-state index in [1.165, 1.54) is 0 Å². The zero-order chi connectivity index (χ0) is 16.4. The maximum Gasteiger partial charge on any atom is 0.280 e. The third-order valence-electron chi connectivity index (χ3n) is 3.47. The Bertz CT molecular complexity index is 837. The molecule has 5 N–H and O–H groups in total. The van der Waals surface area contributed by atoms with E-state index in [1.54, 1.807) is 36.4 Å². The molecule has 0 aromatic heterocycles. The van der Waals surface area contributed by atoms with Crippen LogP contribution >= 0.6 is 0 Å². The molecule has 23 heavy (non-hydrogen) atoms. The van der Waals surface area contributed by atoms with Crippen molar-refractivity contribution in [2.75, 3.05) is 6.61 Å². The zero-order valence-electron chi connectivity index (χ0n) is 12.2. The van der Waals surface area contributed by atoms with Crippen molar-refractivity contribution < 1.29 is 14.6 Å². The van der Waals surface area contributed by atoms with Gasteiger partial charge in [0.1, 0.15) is 18.1 Å². The molecule has 0 aliphatic carbocycles. The summed E-state index contributed by atoms with van der Waals surface area (Å²) >= 11 is 0. The Hall–Kier alpha value is -3.28. The van der Waals surface area contributed by atoms with E-state index < -0.39 is 5.91 Å². The summed E-state index contributed by atoms with van der Waals surface area (Å²) in [7, 11) is 0. The highest BCUT2D eigenvalue weighted by Gasteiger charge is 2.19. The smallest absolute Gasteiger partial charge is 0.280 e. The topological polar surface area (TPSA) is 111 Å². The van der Waals surface area contributed by atoms with Gasteiger partial charge in [-0.05, 0) is 35.9 Å². The van der Waals surface area contributed by atoms with Crippen LogP contribution in [0, 0.1) is 0 Å². The van der Waals surface area contributed by atoms with Gasteiger partial charge in [-0.3, -0.25) is 4.79 Å². The van der Waals surface area contributed by atoms with Crippen LogP contribution in [-0.2, 0) is 0 Å². The Labute approximate surface area is 132 Å². The lowest BCUT2D eigenvalue weighted by atomic mass is 9.93. The average molecular weight is 309 g/mol. The SMILES string of the molecule is NC(N)=NC(=O)c1ccc2c(c1)C(c1ccccc1O)=CCO2. The van der Waals surface area contributed by atoms with Crippen molar-refractivity contribution in [2.24, 2.45) is 16.5 Å². The largest absolute Gasteiger partial charge is 0.507 e. The Morgan fingerprint density at radius 3 is 2.65 bits per heavy atom. The third-order valence-corrected chi connectivity index (χ3v) is 3.47. The van der Waals surface area contributed by atoms with Crippen LogP contribution in [0.1, 0.15) is 21.5 Å². The molecule has 6 heteroatoms. The van der Waals surface area contributed by atoms with Gasteiger partial charge in [0.15, 0.2) is 5.96 Å². The Morgan fingerprint density at radius 1 is 1.13 bits per heavy atom. The van der Waals surface area contributed by atoms with E-state index in [0.717, 1.165) is 5.57 Å². The Balaban J connectivity index is 2.09. The lowest BCUT2D eigenvalue weighted by molar-refractivity contribution is 0.100. The molecule has 2 aromatic rings. The van der Waals surface area contributed by atoms with Crippen LogP contribution < -0.4 is 16.2 Å². The van der Waals surface area contributed by atoms with E-state index in [4.69, 9.17) is 16.2 Å². The fourth-order valence-corrected chi connectivity index (χ4v) is 2.46. The summed E-state index contributed by atoms with van der Waals surface area (Å²) in [4.78, 5) is 15.5. The number of fused-ring (bicyclic) bond motifs is 1. The van der Waals surface area contributed by atoms with Crippen molar-refractivity contribution in [2.45, 2.75) is 0 Å². The summed E-state index contributed by atoms with van der Waals surface area (Å²) in [6, 6.07) is 11.9. The van der Waals surface area contributed by atoms with Gasteiger partial charge in [0, 0.05) is 16.7 Å². The molecule has 0 fully saturated rings. The second-order valence-electron chi connectivity index (χ2n) is 5.00. The first-order chi connectivity index (χ1) is 11.1. The number of phenols is 1. The molecule has 0 spiro atoms. The highest BCUT2D eigenvalue weighted by molar-refractivity contribution is 6.03. The number of para-hydroxylation sites is 1. The van der Waals surface area contributed by atoms with E-state index >= 15 is 0 Å². The van der Waals surface area contributed by atoms with Crippen molar-refractivity contribution in [3.8, 4) is 11.5 Å². The van der Waals surface area contributed by atoms with E-state index in [0.29, 0.717) is 29.0 Å². The summed E-state index contributed by atoms with van der Waals surface area (Å²) in [5.41, 5.74) is 13.0. The number of carbonyl (C=O) groups excluding carboxylic acids is 1.